The Balaban J connectivity index is 2.12. The van der Waals surface area contributed by atoms with Gasteiger partial charge in [-0.05, 0) is 24.5 Å². The molecule has 0 amide bonds. The first-order valence-corrected chi connectivity index (χ1v) is 11.8. The smallest absolute Gasteiger partial charge is 0.258 e. The summed E-state index contributed by atoms with van der Waals surface area (Å²) in [5.74, 6) is 0.132. The Bertz CT molecular complexity index is 1240. The molecule has 2 aromatic carbocycles. The minimum atomic E-state index is -4.30. The minimum Gasteiger partial charge on any atom is -0.258 e. The van der Waals surface area contributed by atoms with Gasteiger partial charge in [0.2, 0.25) is 0 Å². The average Bonchev–Trinajstić information content (AvgIpc) is 3.19. The number of hydrogen-bond acceptors (Lipinski definition) is 6. The van der Waals surface area contributed by atoms with Crippen LogP contribution in [0.3, 0.4) is 0 Å². The van der Waals surface area contributed by atoms with Gasteiger partial charge in [-0.3, -0.25) is 10.1 Å². The summed E-state index contributed by atoms with van der Waals surface area (Å²) in [4.78, 5) is 10.4. The van der Waals surface area contributed by atoms with Crippen LogP contribution in [-0.4, -0.2) is 34.9 Å². The zero-order chi connectivity index (χ0) is 23.8. The van der Waals surface area contributed by atoms with Crippen molar-refractivity contribution in [3.63, 3.8) is 0 Å². The summed E-state index contributed by atoms with van der Waals surface area (Å²) < 4.78 is 30.1. The SMILES string of the molecule is C=CCCCN(c1nnn(Cc2ccccc2)c1CC=C)S(=O)(=O)c1ccccc1[N+](=O)[O-]. The summed E-state index contributed by atoms with van der Waals surface area (Å²) in [5.41, 5.74) is 1.03. The van der Waals surface area contributed by atoms with E-state index in [-0.39, 0.29) is 12.4 Å². The van der Waals surface area contributed by atoms with E-state index in [4.69, 9.17) is 0 Å². The molecule has 0 N–H and O–H groups in total. The van der Waals surface area contributed by atoms with Crippen molar-refractivity contribution < 1.29 is 13.3 Å². The largest absolute Gasteiger partial charge is 0.289 e. The van der Waals surface area contributed by atoms with Crippen LogP contribution in [-0.2, 0) is 23.0 Å². The Morgan fingerprint density at radius 2 is 1.76 bits per heavy atom. The number of nitro groups is 1. The highest BCUT2D eigenvalue weighted by Crippen LogP contribution is 2.31. The van der Waals surface area contributed by atoms with E-state index in [9.17, 15) is 18.5 Å². The summed E-state index contributed by atoms with van der Waals surface area (Å²) in [6.45, 7) is 7.92. The number of unbranched alkanes of at least 4 members (excludes halogenated alkanes) is 1. The topological polar surface area (TPSA) is 111 Å². The molecular weight excluding hydrogens is 442 g/mol. The molecule has 1 aromatic heterocycles. The zero-order valence-corrected chi connectivity index (χ0v) is 18.9. The van der Waals surface area contributed by atoms with E-state index in [1.165, 1.54) is 24.3 Å². The molecule has 0 bridgehead atoms. The van der Waals surface area contributed by atoms with Crippen molar-refractivity contribution >= 4 is 21.5 Å². The van der Waals surface area contributed by atoms with Crippen molar-refractivity contribution in [1.82, 2.24) is 15.0 Å². The summed E-state index contributed by atoms with van der Waals surface area (Å²) >= 11 is 0. The summed E-state index contributed by atoms with van der Waals surface area (Å²) in [5, 5.41) is 19.9. The first kappa shape index (κ1) is 23.9. The molecule has 172 valence electrons. The van der Waals surface area contributed by atoms with Gasteiger partial charge in [-0.15, -0.1) is 18.3 Å². The third-order valence-electron chi connectivity index (χ3n) is 4.97. The number of rotatable bonds is 12. The van der Waals surface area contributed by atoms with Crippen molar-refractivity contribution in [2.75, 3.05) is 10.8 Å². The molecule has 0 fully saturated rings. The second-order valence-corrected chi connectivity index (χ2v) is 9.06. The molecule has 0 spiro atoms. The second kappa shape index (κ2) is 10.7. The Labute approximate surface area is 192 Å². The highest BCUT2D eigenvalue weighted by atomic mass is 32.2. The van der Waals surface area contributed by atoms with Crippen molar-refractivity contribution in [3.8, 4) is 0 Å². The highest BCUT2D eigenvalue weighted by Gasteiger charge is 2.34. The first-order chi connectivity index (χ1) is 15.9. The standard InChI is InChI=1S/C23H25N5O4S/c1-3-5-11-17-27(33(31,32)22-16-10-9-15-20(22)28(29)30)23-21(12-4-2)26(25-24-23)18-19-13-7-6-8-14-19/h3-4,6-10,13-16H,1-2,5,11-12,17-18H2. The Kier molecular flexibility index (Phi) is 7.73. The van der Waals surface area contributed by atoms with E-state index in [0.29, 0.717) is 31.5 Å². The number of hydrogen-bond donors (Lipinski definition) is 0. The molecule has 3 aromatic rings. The predicted molar refractivity (Wildman–Crippen MR) is 127 cm³/mol. The average molecular weight is 468 g/mol. The fourth-order valence-electron chi connectivity index (χ4n) is 3.40. The van der Waals surface area contributed by atoms with Crippen LogP contribution in [0.5, 0.6) is 0 Å². The van der Waals surface area contributed by atoms with E-state index in [1.807, 2.05) is 30.3 Å². The van der Waals surface area contributed by atoms with Gasteiger partial charge < -0.3 is 0 Å². The van der Waals surface area contributed by atoms with E-state index < -0.39 is 25.5 Å². The number of sulfonamides is 1. The van der Waals surface area contributed by atoms with Crippen molar-refractivity contribution in [2.24, 2.45) is 0 Å². The molecule has 0 atom stereocenters. The molecule has 3 rings (SSSR count). The van der Waals surface area contributed by atoms with Crippen LogP contribution in [0.4, 0.5) is 11.5 Å². The number of anilines is 1. The number of allylic oxidation sites excluding steroid dienone is 2. The van der Waals surface area contributed by atoms with Gasteiger partial charge in [0.15, 0.2) is 10.7 Å². The fourth-order valence-corrected chi connectivity index (χ4v) is 5.03. The van der Waals surface area contributed by atoms with E-state index in [2.05, 4.69) is 23.5 Å². The lowest BCUT2D eigenvalue weighted by Gasteiger charge is -2.23. The van der Waals surface area contributed by atoms with Crippen LogP contribution >= 0.6 is 0 Å². The maximum absolute atomic E-state index is 13.7. The predicted octanol–water partition coefficient (Wildman–Crippen LogP) is 4.12. The van der Waals surface area contributed by atoms with Gasteiger partial charge in [0, 0.05) is 19.0 Å². The van der Waals surface area contributed by atoms with E-state index in [0.717, 1.165) is 9.87 Å². The molecule has 33 heavy (non-hydrogen) atoms. The van der Waals surface area contributed by atoms with Crippen LogP contribution in [0.1, 0.15) is 24.1 Å². The van der Waals surface area contributed by atoms with Crippen LogP contribution in [0.25, 0.3) is 0 Å². The van der Waals surface area contributed by atoms with Crippen LogP contribution in [0.15, 0.2) is 84.8 Å². The highest BCUT2D eigenvalue weighted by molar-refractivity contribution is 7.93. The molecule has 0 aliphatic carbocycles. The van der Waals surface area contributed by atoms with Crippen molar-refractivity contribution in [3.05, 3.63) is 101 Å². The van der Waals surface area contributed by atoms with Crippen LogP contribution in [0.2, 0.25) is 0 Å². The van der Waals surface area contributed by atoms with E-state index in [1.54, 1.807) is 16.8 Å². The monoisotopic (exact) mass is 467 g/mol. The normalized spacial score (nSPS) is 11.2. The number of nitrogens with zero attached hydrogens (tertiary/aromatic N) is 5. The summed E-state index contributed by atoms with van der Waals surface area (Å²) in [6.07, 6.45) is 4.68. The Morgan fingerprint density at radius 3 is 2.42 bits per heavy atom. The fraction of sp³-hybridized carbons (Fsp3) is 0.217. The van der Waals surface area contributed by atoms with Gasteiger partial charge in [-0.25, -0.2) is 17.4 Å². The van der Waals surface area contributed by atoms with Gasteiger partial charge in [0.25, 0.3) is 15.7 Å². The second-order valence-electron chi connectivity index (χ2n) is 7.23. The van der Waals surface area contributed by atoms with Gasteiger partial charge in [-0.2, -0.15) is 0 Å². The van der Waals surface area contributed by atoms with Crippen LogP contribution < -0.4 is 4.31 Å². The lowest BCUT2D eigenvalue weighted by molar-refractivity contribution is -0.387. The van der Waals surface area contributed by atoms with Gasteiger partial charge in [0.05, 0.1) is 17.2 Å². The minimum absolute atomic E-state index is 0.0641. The third kappa shape index (κ3) is 5.35. The van der Waals surface area contributed by atoms with Gasteiger partial charge in [0.1, 0.15) is 0 Å². The first-order valence-electron chi connectivity index (χ1n) is 10.3. The molecule has 0 radical (unpaired) electrons. The van der Waals surface area contributed by atoms with Gasteiger partial charge in [-0.1, -0.05) is 59.8 Å². The molecule has 0 saturated carbocycles. The number of nitro benzene ring substituents is 1. The summed E-state index contributed by atoms with van der Waals surface area (Å²) in [6, 6.07) is 14.9. The third-order valence-corrected chi connectivity index (χ3v) is 6.80. The van der Waals surface area contributed by atoms with Crippen LogP contribution in [0, 0.1) is 10.1 Å². The molecule has 9 nitrogen and oxygen atoms in total. The Morgan fingerprint density at radius 1 is 1.06 bits per heavy atom. The molecule has 0 saturated heterocycles. The van der Waals surface area contributed by atoms with Gasteiger partial charge >= 0.3 is 0 Å². The number of para-hydroxylation sites is 1. The molecule has 1 heterocycles. The van der Waals surface area contributed by atoms with Crippen molar-refractivity contribution in [2.45, 2.75) is 30.7 Å². The summed E-state index contributed by atoms with van der Waals surface area (Å²) in [7, 11) is -4.30. The van der Waals surface area contributed by atoms with E-state index >= 15 is 0 Å². The molecule has 0 aliphatic rings. The molecule has 0 aliphatic heterocycles. The molecule has 10 heteroatoms. The Hall–Kier alpha value is -3.79. The lowest BCUT2D eigenvalue weighted by atomic mass is 10.2. The zero-order valence-electron chi connectivity index (χ0n) is 18.1. The van der Waals surface area contributed by atoms with Crippen molar-refractivity contribution in [1.29, 1.82) is 0 Å². The maximum Gasteiger partial charge on any atom is 0.289 e. The quantitative estimate of drug-likeness (QED) is 0.171. The molecular formula is C23H25N5O4S. The number of aromatic nitrogens is 3. The maximum atomic E-state index is 13.7. The number of benzene rings is 2. The molecule has 0 unspecified atom stereocenters. The lowest BCUT2D eigenvalue weighted by Crippen LogP contribution is -2.33.